The Balaban J connectivity index is 2.19. The smallest absolute Gasteiger partial charge is 0.168 e. The first kappa shape index (κ1) is 15.6. The van der Waals surface area contributed by atoms with Crippen molar-refractivity contribution in [3.8, 4) is 0 Å². The number of halogens is 1. The highest BCUT2D eigenvalue weighted by Crippen LogP contribution is 2.21. The molecule has 5 nitrogen and oxygen atoms in total. The van der Waals surface area contributed by atoms with E-state index in [0.29, 0.717) is 5.92 Å². The van der Waals surface area contributed by atoms with E-state index in [0.717, 1.165) is 17.9 Å². The normalized spacial score (nSPS) is 14.4. The molecule has 0 saturated carbocycles. The van der Waals surface area contributed by atoms with Gasteiger partial charge in [0.05, 0.1) is 12.1 Å². The molecule has 1 aromatic heterocycles. The predicted molar refractivity (Wildman–Crippen MR) is 79.3 cm³/mol. The lowest BCUT2D eigenvalue weighted by molar-refractivity contribution is 0.439. The summed E-state index contributed by atoms with van der Waals surface area (Å²) in [5.74, 6) is 1.06. The summed E-state index contributed by atoms with van der Waals surface area (Å²) in [5, 5.41) is 15.3. The Hall–Kier alpha value is -1.82. The Morgan fingerprint density at radius 2 is 2.00 bits per heavy atom. The number of tetrazole rings is 1. The lowest BCUT2D eigenvalue weighted by atomic mass is 10.1. The van der Waals surface area contributed by atoms with Gasteiger partial charge in [-0.1, -0.05) is 26.0 Å². The SMILES string of the molecule is CC(C)CNC(C)c1nnnn1C(C)c1cccc(F)c1. The lowest BCUT2D eigenvalue weighted by Crippen LogP contribution is -2.27. The Labute approximate surface area is 124 Å². The fourth-order valence-corrected chi connectivity index (χ4v) is 2.17. The van der Waals surface area contributed by atoms with Gasteiger partial charge in [0.2, 0.25) is 0 Å². The zero-order valence-electron chi connectivity index (χ0n) is 12.9. The first-order valence-corrected chi connectivity index (χ1v) is 7.25. The van der Waals surface area contributed by atoms with E-state index < -0.39 is 0 Å². The number of nitrogens with one attached hydrogen (secondary N) is 1. The summed E-state index contributed by atoms with van der Waals surface area (Å²) in [5.41, 5.74) is 0.847. The van der Waals surface area contributed by atoms with Crippen molar-refractivity contribution in [1.29, 1.82) is 0 Å². The van der Waals surface area contributed by atoms with Gasteiger partial charge in [0.1, 0.15) is 5.82 Å². The summed E-state index contributed by atoms with van der Waals surface area (Å²) < 4.78 is 15.1. The van der Waals surface area contributed by atoms with Crippen molar-refractivity contribution < 1.29 is 4.39 Å². The number of nitrogens with zero attached hydrogens (tertiary/aromatic N) is 4. The topological polar surface area (TPSA) is 55.6 Å². The molecule has 0 fully saturated rings. The van der Waals surface area contributed by atoms with Crippen LogP contribution in [0.2, 0.25) is 0 Å². The summed E-state index contributed by atoms with van der Waals surface area (Å²) in [6.45, 7) is 9.19. The molecule has 114 valence electrons. The minimum absolute atomic E-state index is 0.0402. The van der Waals surface area contributed by atoms with Gasteiger partial charge in [-0.25, -0.2) is 9.07 Å². The summed E-state index contributed by atoms with van der Waals surface area (Å²) in [4.78, 5) is 0. The van der Waals surface area contributed by atoms with Crippen LogP contribution >= 0.6 is 0 Å². The minimum atomic E-state index is -0.250. The van der Waals surface area contributed by atoms with Crippen LogP contribution in [0.25, 0.3) is 0 Å². The van der Waals surface area contributed by atoms with E-state index >= 15 is 0 Å². The first-order chi connectivity index (χ1) is 9.99. The van der Waals surface area contributed by atoms with E-state index in [-0.39, 0.29) is 17.9 Å². The van der Waals surface area contributed by atoms with Crippen LogP contribution in [0.15, 0.2) is 24.3 Å². The van der Waals surface area contributed by atoms with Crippen molar-refractivity contribution in [1.82, 2.24) is 25.5 Å². The van der Waals surface area contributed by atoms with Crippen molar-refractivity contribution >= 4 is 0 Å². The van der Waals surface area contributed by atoms with E-state index in [1.54, 1.807) is 10.7 Å². The highest BCUT2D eigenvalue weighted by Gasteiger charge is 2.19. The second-order valence-electron chi connectivity index (χ2n) is 5.74. The lowest BCUT2D eigenvalue weighted by Gasteiger charge is -2.19. The standard InChI is InChI=1S/C15H22FN5/c1-10(2)9-17-11(3)15-18-19-20-21(15)12(4)13-6-5-7-14(16)8-13/h5-8,10-12,17H,9H2,1-4H3. The Bertz CT molecular complexity index is 581. The van der Waals surface area contributed by atoms with Crippen LogP contribution < -0.4 is 5.32 Å². The predicted octanol–water partition coefficient (Wildman–Crippen LogP) is 2.73. The fourth-order valence-electron chi connectivity index (χ4n) is 2.17. The summed E-state index contributed by atoms with van der Waals surface area (Å²) in [6, 6.07) is 6.45. The molecule has 0 aliphatic heterocycles. The van der Waals surface area contributed by atoms with Gasteiger partial charge in [-0.3, -0.25) is 0 Å². The van der Waals surface area contributed by atoms with Crippen molar-refractivity contribution in [3.05, 3.63) is 41.5 Å². The third-order valence-electron chi connectivity index (χ3n) is 3.44. The van der Waals surface area contributed by atoms with Crippen LogP contribution in [-0.4, -0.2) is 26.8 Å². The molecule has 2 aromatic rings. The van der Waals surface area contributed by atoms with E-state index in [9.17, 15) is 4.39 Å². The third-order valence-corrected chi connectivity index (χ3v) is 3.44. The molecule has 2 atom stereocenters. The molecule has 21 heavy (non-hydrogen) atoms. The molecule has 0 radical (unpaired) electrons. The van der Waals surface area contributed by atoms with Crippen LogP contribution in [0.5, 0.6) is 0 Å². The minimum Gasteiger partial charge on any atom is -0.307 e. The van der Waals surface area contributed by atoms with Crippen molar-refractivity contribution in [2.24, 2.45) is 5.92 Å². The molecular weight excluding hydrogens is 269 g/mol. The highest BCUT2D eigenvalue weighted by atomic mass is 19.1. The molecule has 0 aliphatic rings. The Morgan fingerprint density at radius 3 is 2.67 bits per heavy atom. The number of benzene rings is 1. The second kappa shape index (κ2) is 6.76. The zero-order valence-corrected chi connectivity index (χ0v) is 12.9. The van der Waals surface area contributed by atoms with Gasteiger partial charge in [0, 0.05) is 0 Å². The van der Waals surface area contributed by atoms with E-state index in [2.05, 4.69) is 34.7 Å². The van der Waals surface area contributed by atoms with Gasteiger partial charge in [-0.05, 0) is 54.4 Å². The average molecular weight is 291 g/mol. The van der Waals surface area contributed by atoms with E-state index in [1.807, 2.05) is 19.9 Å². The van der Waals surface area contributed by atoms with Crippen molar-refractivity contribution in [2.45, 2.75) is 39.8 Å². The van der Waals surface area contributed by atoms with Crippen LogP contribution in [0, 0.1) is 11.7 Å². The number of aromatic nitrogens is 4. The Morgan fingerprint density at radius 1 is 1.24 bits per heavy atom. The zero-order chi connectivity index (χ0) is 15.4. The Kier molecular flexibility index (Phi) is 5.01. The van der Waals surface area contributed by atoms with Gasteiger partial charge in [-0.2, -0.15) is 0 Å². The van der Waals surface area contributed by atoms with Crippen LogP contribution in [0.1, 0.15) is 51.2 Å². The van der Waals surface area contributed by atoms with Gasteiger partial charge < -0.3 is 5.32 Å². The molecule has 1 N–H and O–H groups in total. The van der Waals surface area contributed by atoms with Gasteiger partial charge in [-0.15, -0.1) is 5.10 Å². The molecule has 0 bridgehead atoms. The maximum Gasteiger partial charge on any atom is 0.168 e. The molecule has 1 heterocycles. The monoisotopic (exact) mass is 291 g/mol. The number of hydrogen-bond donors (Lipinski definition) is 1. The molecule has 2 unspecified atom stereocenters. The molecule has 0 aliphatic carbocycles. The van der Waals surface area contributed by atoms with Gasteiger partial charge >= 0.3 is 0 Å². The summed E-state index contributed by atoms with van der Waals surface area (Å²) in [6.07, 6.45) is 0. The molecular formula is C15H22FN5. The number of hydrogen-bond acceptors (Lipinski definition) is 4. The molecule has 0 spiro atoms. The quantitative estimate of drug-likeness (QED) is 0.889. The summed E-state index contributed by atoms with van der Waals surface area (Å²) >= 11 is 0. The maximum atomic E-state index is 13.4. The second-order valence-corrected chi connectivity index (χ2v) is 5.74. The molecule has 6 heteroatoms. The first-order valence-electron chi connectivity index (χ1n) is 7.25. The van der Waals surface area contributed by atoms with Crippen molar-refractivity contribution in [2.75, 3.05) is 6.54 Å². The fraction of sp³-hybridized carbons (Fsp3) is 0.533. The third kappa shape index (κ3) is 3.85. The molecule has 0 saturated heterocycles. The average Bonchev–Trinajstić information content (AvgIpc) is 2.93. The number of rotatable bonds is 6. The molecule has 1 aromatic carbocycles. The van der Waals surface area contributed by atoms with Crippen LogP contribution in [0.3, 0.4) is 0 Å². The largest absolute Gasteiger partial charge is 0.307 e. The highest BCUT2D eigenvalue weighted by molar-refractivity contribution is 5.20. The van der Waals surface area contributed by atoms with Crippen LogP contribution in [0.4, 0.5) is 4.39 Å². The van der Waals surface area contributed by atoms with Gasteiger partial charge in [0.25, 0.3) is 0 Å². The maximum absolute atomic E-state index is 13.4. The van der Waals surface area contributed by atoms with Crippen LogP contribution in [-0.2, 0) is 0 Å². The van der Waals surface area contributed by atoms with Crippen molar-refractivity contribution in [3.63, 3.8) is 0 Å². The summed E-state index contributed by atoms with van der Waals surface area (Å²) in [7, 11) is 0. The molecule has 2 rings (SSSR count). The van der Waals surface area contributed by atoms with E-state index in [4.69, 9.17) is 0 Å². The van der Waals surface area contributed by atoms with E-state index in [1.165, 1.54) is 12.1 Å². The van der Waals surface area contributed by atoms with Gasteiger partial charge in [0.15, 0.2) is 5.82 Å². The molecule has 0 amide bonds.